The minimum Gasteiger partial charge on any atom is -0.350 e. The number of nitrogens with two attached hydrogens (primary N) is 1. The zero-order valence-corrected chi connectivity index (χ0v) is 9.61. The Morgan fingerprint density at radius 3 is 3.00 bits per heavy atom. The van der Waals surface area contributed by atoms with Crippen molar-refractivity contribution >= 4 is 33.2 Å². The van der Waals surface area contributed by atoms with Crippen LogP contribution in [-0.4, -0.2) is 11.9 Å². The third kappa shape index (κ3) is 3.10. The molecule has 3 nitrogen and oxygen atoms in total. The molecule has 0 saturated heterocycles. The molecule has 1 aromatic rings. The highest BCUT2D eigenvalue weighted by atomic mass is 79.9. The maximum atomic E-state index is 11.1. The first-order chi connectivity index (χ1) is 6.11. The zero-order chi connectivity index (χ0) is 9.84. The molecule has 0 spiro atoms. The molecule has 0 radical (unpaired) electrons. The minimum absolute atomic E-state index is 0.125. The Balaban J connectivity index is 2.44. The van der Waals surface area contributed by atoms with Crippen molar-refractivity contribution in [3.05, 3.63) is 20.8 Å². The van der Waals surface area contributed by atoms with Gasteiger partial charge in [-0.1, -0.05) is 0 Å². The van der Waals surface area contributed by atoms with E-state index in [1.165, 1.54) is 0 Å². The van der Waals surface area contributed by atoms with E-state index in [1.54, 1.807) is 18.3 Å². The van der Waals surface area contributed by atoms with Crippen molar-refractivity contribution in [2.45, 2.75) is 19.5 Å². The maximum absolute atomic E-state index is 11.1. The molecule has 1 atom stereocenters. The van der Waals surface area contributed by atoms with Crippen molar-refractivity contribution in [2.24, 2.45) is 5.73 Å². The summed E-state index contributed by atoms with van der Waals surface area (Å²) in [6.45, 7) is 2.21. The zero-order valence-electron chi connectivity index (χ0n) is 7.21. The van der Waals surface area contributed by atoms with Crippen LogP contribution in [0.5, 0.6) is 0 Å². The molecule has 1 heterocycles. The number of rotatable bonds is 3. The molecule has 1 amide bonds. The third-order valence-electron chi connectivity index (χ3n) is 1.53. The fourth-order valence-electron chi connectivity index (χ4n) is 0.780. The molecule has 0 aromatic carbocycles. The maximum Gasteiger partial charge on any atom is 0.236 e. The van der Waals surface area contributed by atoms with Crippen molar-refractivity contribution in [1.29, 1.82) is 0 Å². The van der Waals surface area contributed by atoms with E-state index in [0.29, 0.717) is 6.54 Å². The van der Waals surface area contributed by atoms with Crippen molar-refractivity contribution in [1.82, 2.24) is 5.32 Å². The topological polar surface area (TPSA) is 55.1 Å². The number of thiophene rings is 1. The molecule has 0 aliphatic carbocycles. The predicted molar refractivity (Wildman–Crippen MR) is 57.5 cm³/mol. The first-order valence-electron chi connectivity index (χ1n) is 3.86. The van der Waals surface area contributed by atoms with E-state index in [-0.39, 0.29) is 5.91 Å². The van der Waals surface area contributed by atoms with Gasteiger partial charge in [0, 0.05) is 9.35 Å². The first-order valence-corrected chi connectivity index (χ1v) is 5.53. The summed E-state index contributed by atoms with van der Waals surface area (Å²) in [7, 11) is 0. The second-order valence-corrected chi connectivity index (χ2v) is 4.55. The summed E-state index contributed by atoms with van der Waals surface area (Å²) >= 11 is 4.98. The van der Waals surface area contributed by atoms with Crippen molar-refractivity contribution in [3.8, 4) is 0 Å². The van der Waals surface area contributed by atoms with E-state index < -0.39 is 6.04 Å². The molecule has 0 aliphatic heterocycles. The number of nitrogens with one attached hydrogen (secondary N) is 1. The molecule has 0 bridgehead atoms. The standard InChI is InChI=1S/C8H11BrN2OS/c1-5(10)8(12)11-4-7-6(9)2-3-13-7/h2-3,5H,4,10H2,1H3,(H,11,12)/t5-/m0/s1. The summed E-state index contributed by atoms with van der Waals surface area (Å²) in [6.07, 6.45) is 0. The second-order valence-electron chi connectivity index (χ2n) is 2.70. The molecular weight excluding hydrogens is 252 g/mol. The summed E-state index contributed by atoms with van der Waals surface area (Å²) in [5.74, 6) is -0.125. The van der Waals surface area contributed by atoms with Crippen LogP contribution in [0.3, 0.4) is 0 Å². The fourth-order valence-corrected chi connectivity index (χ4v) is 2.21. The van der Waals surface area contributed by atoms with Gasteiger partial charge in [-0.3, -0.25) is 4.79 Å². The fraction of sp³-hybridized carbons (Fsp3) is 0.375. The number of hydrogen-bond donors (Lipinski definition) is 2. The van der Waals surface area contributed by atoms with E-state index in [9.17, 15) is 4.79 Å². The Morgan fingerprint density at radius 2 is 2.54 bits per heavy atom. The highest BCUT2D eigenvalue weighted by Crippen LogP contribution is 2.21. The highest BCUT2D eigenvalue weighted by molar-refractivity contribution is 9.10. The average Bonchev–Trinajstić information content (AvgIpc) is 2.47. The summed E-state index contributed by atoms with van der Waals surface area (Å²) < 4.78 is 1.03. The smallest absolute Gasteiger partial charge is 0.236 e. The lowest BCUT2D eigenvalue weighted by molar-refractivity contribution is -0.122. The number of amides is 1. The van der Waals surface area contributed by atoms with Crippen LogP contribution < -0.4 is 11.1 Å². The second kappa shape index (κ2) is 4.74. The van der Waals surface area contributed by atoms with E-state index in [1.807, 2.05) is 11.4 Å². The SMILES string of the molecule is C[C@H](N)C(=O)NCc1sccc1Br. The number of carbonyl (C=O) groups excluding carboxylic acids is 1. The lowest BCUT2D eigenvalue weighted by atomic mass is 10.3. The molecular formula is C8H11BrN2OS. The van der Waals surface area contributed by atoms with Gasteiger partial charge in [-0.15, -0.1) is 11.3 Å². The van der Waals surface area contributed by atoms with E-state index in [2.05, 4.69) is 21.2 Å². The number of carbonyl (C=O) groups is 1. The van der Waals surface area contributed by atoms with Gasteiger partial charge in [0.05, 0.1) is 12.6 Å². The molecule has 3 N–H and O–H groups in total. The lowest BCUT2D eigenvalue weighted by Crippen LogP contribution is -2.37. The molecule has 72 valence electrons. The van der Waals surface area contributed by atoms with Crippen LogP contribution in [0.1, 0.15) is 11.8 Å². The van der Waals surface area contributed by atoms with Crippen LogP contribution in [0, 0.1) is 0 Å². The third-order valence-corrected chi connectivity index (χ3v) is 3.45. The number of halogens is 1. The Bertz CT molecular complexity index is 298. The van der Waals surface area contributed by atoms with Crippen LogP contribution in [-0.2, 0) is 11.3 Å². The first kappa shape index (κ1) is 10.7. The van der Waals surface area contributed by atoms with E-state index >= 15 is 0 Å². The van der Waals surface area contributed by atoms with E-state index in [4.69, 9.17) is 5.73 Å². The normalized spacial score (nSPS) is 12.5. The average molecular weight is 263 g/mol. The van der Waals surface area contributed by atoms with Gasteiger partial charge < -0.3 is 11.1 Å². The van der Waals surface area contributed by atoms with Gasteiger partial charge >= 0.3 is 0 Å². The van der Waals surface area contributed by atoms with Crippen molar-refractivity contribution in [2.75, 3.05) is 0 Å². The molecule has 5 heteroatoms. The molecule has 1 aromatic heterocycles. The Kier molecular flexibility index (Phi) is 3.90. The molecule has 0 saturated carbocycles. The number of hydrogen-bond acceptors (Lipinski definition) is 3. The molecule has 13 heavy (non-hydrogen) atoms. The van der Waals surface area contributed by atoms with Crippen molar-refractivity contribution in [3.63, 3.8) is 0 Å². The molecule has 0 aliphatic rings. The van der Waals surface area contributed by atoms with Crippen LogP contribution in [0.4, 0.5) is 0 Å². The van der Waals surface area contributed by atoms with Gasteiger partial charge in [0.1, 0.15) is 0 Å². The molecule has 0 unspecified atom stereocenters. The minimum atomic E-state index is -0.446. The summed E-state index contributed by atoms with van der Waals surface area (Å²) in [6, 6.07) is 1.51. The van der Waals surface area contributed by atoms with Gasteiger partial charge in [0.25, 0.3) is 0 Å². The Labute approximate surface area is 89.5 Å². The van der Waals surface area contributed by atoms with E-state index in [0.717, 1.165) is 9.35 Å². The van der Waals surface area contributed by atoms with Crippen molar-refractivity contribution < 1.29 is 4.79 Å². The molecule has 1 rings (SSSR count). The van der Waals surface area contributed by atoms with Gasteiger partial charge in [-0.25, -0.2) is 0 Å². The predicted octanol–water partition coefficient (Wildman–Crippen LogP) is 1.47. The van der Waals surface area contributed by atoms with Gasteiger partial charge in [-0.2, -0.15) is 0 Å². The Morgan fingerprint density at radius 1 is 1.85 bits per heavy atom. The highest BCUT2D eigenvalue weighted by Gasteiger charge is 2.07. The van der Waals surface area contributed by atoms with Gasteiger partial charge in [-0.05, 0) is 34.3 Å². The van der Waals surface area contributed by atoms with Crippen LogP contribution in [0.15, 0.2) is 15.9 Å². The summed E-state index contributed by atoms with van der Waals surface area (Å²) in [5.41, 5.74) is 5.39. The van der Waals surface area contributed by atoms with Gasteiger partial charge in [0.15, 0.2) is 0 Å². The molecule has 0 fully saturated rings. The monoisotopic (exact) mass is 262 g/mol. The Hall–Kier alpha value is -0.390. The van der Waals surface area contributed by atoms with Crippen LogP contribution in [0.2, 0.25) is 0 Å². The quantitative estimate of drug-likeness (QED) is 0.867. The summed E-state index contributed by atoms with van der Waals surface area (Å²) in [4.78, 5) is 12.2. The summed E-state index contributed by atoms with van der Waals surface area (Å²) in [5, 5.41) is 4.71. The largest absolute Gasteiger partial charge is 0.350 e. The van der Waals surface area contributed by atoms with Crippen LogP contribution in [0.25, 0.3) is 0 Å². The lowest BCUT2D eigenvalue weighted by Gasteiger charge is -2.06. The van der Waals surface area contributed by atoms with Gasteiger partial charge in [0.2, 0.25) is 5.91 Å². The van der Waals surface area contributed by atoms with Crippen LogP contribution >= 0.6 is 27.3 Å².